The van der Waals surface area contributed by atoms with E-state index in [4.69, 9.17) is 4.74 Å². The number of halogens is 1. The largest absolute Gasteiger partial charge is 0.381 e. The van der Waals surface area contributed by atoms with Gasteiger partial charge in [-0.3, -0.25) is 14.8 Å². The summed E-state index contributed by atoms with van der Waals surface area (Å²) < 4.78 is 5.65. The van der Waals surface area contributed by atoms with Crippen molar-refractivity contribution in [1.29, 1.82) is 0 Å². The Labute approximate surface area is 157 Å². The SMILES string of the molecule is CN=C(NCCCOCC1CC1)NCC1CN2CCN1CC2.I. The second kappa shape index (κ2) is 10.0. The maximum atomic E-state index is 5.65. The van der Waals surface area contributed by atoms with Gasteiger partial charge in [-0.15, -0.1) is 24.0 Å². The summed E-state index contributed by atoms with van der Waals surface area (Å²) >= 11 is 0. The van der Waals surface area contributed by atoms with Crippen LogP contribution in [-0.4, -0.2) is 87.9 Å². The van der Waals surface area contributed by atoms with Crippen LogP contribution in [0.4, 0.5) is 0 Å². The van der Waals surface area contributed by atoms with E-state index in [1.54, 1.807) is 0 Å². The maximum Gasteiger partial charge on any atom is 0.191 e. The van der Waals surface area contributed by atoms with Crippen molar-refractivity contribution >= 4 is 29.9 Å². The molecule has 0 amide bonds. The van der Waals surface area contributed by atoms with Crippen LogP contribution in [0.15, 0.2) is 4.99 Å². The fraction of sp³-hybridized carbons (Fsp3) is 0.938. The summed E-state index contributed by atoms with van der Waals surface area (Å²) in [4.78, 5) is 9.48. The summed E-state index contributed by atoms with van der Waals surface area (Å²) in [6.45, 7) is 9.83. The van der Waals surface area contributed by atoms with Crippen LogP contribution < -0.4 is 10.6 Å². The first-order valence-electron chi connectivity index (χ1n) is 8.84. The average molecular weight is 437 g/mol. The predicted octanol–water partition coefficient (Wildman–Crippen LogP) is 0.586. The highest BCUT2D eigenvalue weighted by Gasteiger charge is 2.31. The maximum absolute atomic E-state index is 5.65. The fourth-order valence-corrected chi connectivity index (χ4v) is 3.27. The number of rotatable bonds is 8. The fourth-order valence-electron chi connectivity index (χ4n) is 3.27. The van der Waals surface area contributed by atoms with E-state index in [2.05, 4.69) is 25.4 Å². The van der Waals surface area contributed by atoms with Gasteiger partial charge in [0.15, 0.2) is 5.96 Å². The molecule has 134 valence electrons. The lowest BCUT2D eigenvalue weighted by Gasteiger charge is -2.47. The normalized spacial score (nSPS) is 30.0. The zero-order valence-corrected chi connectivity index (χ0v) is 16.6. The molecule has 6 nitrogen and oxygen atoms in total. The number of hydrogen-bond acceptors (Lipinski definition) is 4. The quantitative estimate of drug-likeness (QED) is 0.252. The summed E-state index contributed by atoms with van der Waals surface area (Å²) in [6.07, 6.45) is 3.77. The molecule has 1 aliphatic carbocycles. The number of hydrogen-bond donors (Lipinski definition) is 2. The molecule has 1 atom stereocenters. The number of aliphatic imine (C=N–C) groups is 1. The molecule has 3 saturated heterocycles. The summed E-state index contributed by atoms with van der Waals surface area (Å²) in [6, 6.07) is 0.628. The van der Waals surface area contributed by atoms with Crippen molar-refractivity contribution in [3.8, 4) is 0 Å². The lowest BCUT2D eigenvalue weighted by Crippen LogP contribution is -2.63. The van der Waals surface area contributed by atoms with Gasteiger partial charge in [-0.05, 0) is 25.2 Å². The highest BCUT2D eigenvalue weighted by molar-refractivity contribution is 14.0. The van der Waals surface area contributed by atoms with Crippen LogP contribution in [0.25, 0.3) is 0 Å². The van der Waals surface area contributed by atoms with Gasteiger partial charge >= 0.3 is 0 Å². The van der Waals surface area contributed by atoms with E-state index < -0.39 is 0 Å². The standard InChI is InChI=1S/C16H31N5O.HI/c1-17-16(18-5-2-10-22-13-14-3-4-14)19-11-15-12-20-6-8-21(15)9-7-20;/h14-15H,2-13H2,1H3,(H2,17,18,19);1H. The molecule has 2 N–H and O–H groups in total. The van der Waals surface area contributed by atoms with Crippen molar-refractivity contribution in [2.75, 3.05) is 66.1 Å². The van der Waals surface area contributed by atoms with Crippen LogP contribution in [-0.2, 0) is 4.74 Å². The molecule has 0 aromatic carbocycles. The van der Waals surface area contributed by atoms with Gasteiger partial charge in [0.1, 0.15) is 0 Å². The number of ether oxygens (including phenoxy) is 1. The van der Waals surface area contributed by atoms with Gasteiger partial charge < -0.3 is 15.4 Å². The van der Waals surface area contributed by atoms with E-state index in [1.807, 2.05) is 7.05 Å². The highest BCUT2D eigenvalue weighted by atomic mass is 127. The summed E-state index contributed by atoms with van der Waals surface area (Å²) in [5, 5.41) is 6.86. The molecule has 3 heterocycles. The number of fused-ring (bicyclic) bond motifs is 3. The molecule has 4 fully saturated rings. The van der Waals surface area contributed by atoms with Gasteiger partial charge in [0.25, 0.3) is 0 Å². The van der Waals surface area contributed by atoms with E-state index >= 15 is 0 Å². The first-order valence-corrected chi connectivity index (χ1v) is 8.84. The van der Waals surface area contributed by atoms with Gasteiger partial charge in [-0.25, -0.2) is 0 Å². The van der Waals surface area contributed by atoms with Crippen molar-refractivity contribution in [2.45, 2.75) is 25.3 Å². The van der Waals surface area contributed by atoms with E-state index in [-0.39, 0.29) is 24.0 Å². The Hall–Kier alpha value is -0.120. The van der Waals surface area contributed by atoms with Crippen molar-refractivity contribution in [2.24, 2.45) is 10.9 Å². The molecule has 4 rings (SSSR count). The lowest BCUT2D eigenvalue weighted by molar-refractivity contribution is 0.0154. The predicted molar refractivity (Wildman–Crippen MR) is 105 cm³/mol. The smallest absolute Gasteiger partial charge is 0.191 e. The third-order valence-corrected chi connectivity index (χ3v) is 4.93. The Bertz CT molecular complexity index is 369. The van der Waals surface area contributed by atoms with Crippen LogP contribution in [0.3, 0.4) is 0 Å². The van der Waals surface area contributed by atoms with Crippen molar-refractivity contribution in [3.63, 3.8) is 0 Å². The van der Waals surface area contributed by atoms with Crippen LogP contribution in [0.1, 0.15) is 19.3 Å². The molecule has 7 heteroatoms. The Morgan fingerprint density at radius 2 is 1.96 bits per heavy atom. The molecule has 0 radical (unpaired) electrons. The van der Waals surface area contributed by atoms with E-state index in [0.717, 1.165) is 44.6 Å². The third kappa shape index (κ3) is 6.36. The monoisotopic (exact) mass is 437 g/mol. The molecule has 0 aromatic heterocycles. The van der Waals surface area contributed by atoms with Gasteiger partial charge in [-0.1, -0.05) is 0 Å². The number of nitrogens with one attached hydrogen (secondary N) is 2. The molecule has 4 aliphatic rings. The lowest BCUT2D eigenvalue weighted by atomic mass is 10.1. The average Bonchev–Trinajstić information content (AvgIpc) is 3.39. The van der Waals surface area contributed by atoms with Crippen LogP contribution in [0.5, 0.6) is 0 Å². The van der Waals surface area contributed by atoms with Crippen LogP contribution in [0.2, 0.25) is 0 Å². The van der Waals surface area contributed by atoms with Gasteiger partial charge in [-0.2, -0.15) is 0 Å². The molecule has 1 unspecified atom stereocenters. The Balaban J connectivity index is 0.00000192. The van der Waals surface area contributed by atoms with Crippen molar-refractivity contribution in [1.82, 2.24) is 20.4 Å². The molecule has 1 saturated carbocycles. The number of piperazine rings is 3. The molecule has 23 heavy (non-hydrogen) atoms. The zero-order chi connectivity index (χ0) is 15.2. The summed E-state index contributed by atoms with van der Waals surface area (Å²) in [5.74, 6) is 1.78. The minimum Gasteiger partial charge on any atom is -0.381 e. The van der Waals surface area contributed by atoms with Crippen molar-refractivity contribution < 1.29 is 4.74 Å². The summed E-state index contributed by atoms with van der Waals surface area (Å²) in [7, 11) is 1.84. The first-order chi connectivity index (χ1) is 10.8. The minimum atomic E-state index is 0. The van der Waals surface area contributed by atoms with Crippen LogP contribution >= 0.6 is 24.0 Å². The van der Waals surface area contributed by atoms with Crippen molar-refractivity contribution in [3.05, 3.63) is 0 Å². The molecule has 0 aromatic rings. The number of guanidine groups is 1. The molecule has 3 aliphatic heterocycles. The Morgan fingerprint density at radius 3 is 2.57 bits per heavy atom. The Kier molecular flexibility index (Phi) is 8.35. The third-order valence-electron chi connectivity index (χ3n) is 4.93. The minimum absolute atomic E-state index is 0. The van der Waals surface area contributed by atoms with E-state index in [1.165, 1.54) is 45.6 Å². The molecular weight excluding hydrogens is 405 g/mol. The molecule has 0 spiro atoms. The number of nitrogens with zero attached hydrogens (tertiary/aromatic N) is 3. The molecule has 2 bridgehead atoms. The van der Waals surface area contributed by atoms with E-state index in [0.29, 0.717) is 6.04 Å². The first kappa shape index (κ1) is 19.2. The van der Waals surface area contributed by atoms with Crippen LogP contribution in [0, 0.1) is 5.92 Å². The highest BCUT2D eigenvalue weighted by Crippen LogP contribution is 2.28. The second-order valence-corrected chi connectivity index (χ2v) is 6.74. The van der Waals surface area contributed by atoms with Gasteiger partial charge in [0, 0.05) is 72.1 Å². The topological polar surface area (TPSA) is 52.1 Å². The second-order valence-electron chi connectivity index (χ2n) is 6.74. The van der Waals surface area contributed by atoms with Gasteiger partial charge in [0.05, 0.1) is 0 Å². The van der Waals surface area contributed by atoms with E-state index in [9.17, 15) is 0 Å². The summed E-state index contributed by atoms with van der Waals surface area (Å²) in [5.41, 5.74) is 0. The zero-order valence-electron chi connectivity index (χ0n) is 14.3. The Morgan fingerprint density at radius 1 is 1.17 bits per heavy atom. The van der Waals surface area contributed by atoms with Gasteiger partial charge in [0.2, 0.25) is 0 Å². The molecular formula is C16H32IN5O.